The van der Waals surface area contributed by atoms with Crippen molar-refractivity contribution < 1.29 is 0 Å². The Balaban J connectivity index is 2.91. The Morgan fingerprint density at radius 3 is 2.60 bits per heavy atom. The maximum Gasteiger partial charge on any atom is 0.0455 e. The Bertz CT molecular complexity index is 342. The van der Waals surface area contributed by atoms with E-state index in [-0.39, 0.29) is 0 Å². The van der Waals surface area contributed by atoms with Crippen molar-refractivity contribution in [2.45, 2.75) is 32.6 Å². The summed E-state index contributed by atoms with van der Waals surface area (Å²) in [7, 11) is 0. The molecule has 0 heterocycles. The van der Waals surface area contributed by atoms with Crippen LogP contribution < -0.4 is 0 Å². The van der Waals surface area contributed by atoms with Crippen LogP contribution in [0.3, 0.4) is 0 Å². The fraction of sp³-hybridized carbons (Fsp3) is 0.385. The molecule has 0 aliphatic carbocycles. The van der Waals surface area contributed by atoms with Crippen molar-refractivity contribution in [3.8, 4) is 0 Å². The molecule has 1 unspecified atom stereocenters. The SMILES string of the molecule is C/C=C\CC(CC)c1ccc(Cl)cc1Cl. The molecule has 1 rings (SSSR count). The van der Waals surface area contributed by atoms with Crippen LogP contribution in [0.1, 0.15) is 38.2 Å². The average molecular weight is 243 g/mol. The molecule has 1 aromatic rings. The van der Waals surface area contributed by atoms with Gasteiger partial charge in [-0.05, 0) is 43.4 Å². The third kappa shape index (κ3) is 3.55. The molecule has 2 heteroatoms. The van der Waals surface area contributed by atoms with Crippen LogP contribution >= 0.6 is 23.2 Å². The summed E-state index contributed by atoms with van der Waals surface area (Å²) in [5.74, 6) is 0.492. The van der Waals surface area contributed by atoms with Crippen molar-refractivity contribution in [3.63, 3.8) is 0 Å². The predicted octanol–water partition coefficient (Wildman–Crippen LogP) is 5.45. The number of benzene rings is 1. The smallest absolute Gasteiger partial charge is 0.0455 e. The zero-order chi connectivity index (χ0) is 11.3. The van der Waals surface area contributed by atoms with Gasteiger partial charge in [0.2, 0.25) is 0 Å². The molecular weight excluding hydrogens is 227 g/mol. The van der Waals surface area contributed by atoms with Crippen molar-refractivity contribution in [1.82, 2.24) is 0 Å². The Morgan fingerprint density at radius 2 is 2.07 bits per heavy atom. The number of halogens is 2. The minimum Gasteiger partial charge on any atom is -0.0916 e. The fourth-order valence-electron chi connectivity index (χ4n) is 1.65. The summed E-state index contributed by atoms with van der Waals surface area (Å²) in [6.45, 7) is 4.22. The van der Waals surface area contributed by atoms with Crippen molar-refractivity contribution in [3.05, 3.63) is 46.0 Å². The molecule has 0 radical (unpaired) electrons. The maximum atomic E-state index is 6.17. The van der Waals surface area contributed by atoms with Crippen molar-refractivity contribution in [2.75, 3.05) is 0 Å². The third-order valence-electron chi connectivity index (χ3n) is 2.55. The summed E-state index contributed by atoms with van der Waals surface area (Å²) in [4.78, 5) is 0. The van der Waals surface area contributed by atoms with Gasteiger partial charge in [0.1, 0.15) is 0 Å². The Morgan fingerprint density at radius 1 is 1.33 bits per heavy atom. The Kier molecular flexibility index (Phi) is 5.21. The lowest BCUT2D eigenvalue weighted by Gasteiger charge is -2.15. The van der Waals surface area contributed by atoms with Crippen LogP contribution in [0.2, 0.25) is 10.0 Å². The largest absolute Gasteiger partial charge is 0.0916 e. The molecule has 1 aromatic carbocycles. The fourth-order valence-corrected chi connectivity index (χ4v) is 2.21. The lowest BCUT2D eigenvalue weighted by molar-refractivity contribution is 0.674. The minimum atomic E-state index is 0.492. The molecule has 15 heavy (non-hydrogen) atoms. The van der Waals surface area contributed by atoms with Gasteiger partial charge in [-0.2, -0.15) is 0 Å². The van der Waals surface area contributed by atoms with Gasteiger partial charge in [0.25, 0.3) is 0 Å². The van der Waals surface area contributed by atoms with Crippen LogP contribution in [0, 0.1) is 0 Å². The van der Waals surface area contributed by atoms with Crippen LogP contribution in [0.15, 0.2) is 30.4 Å². The lowest BCUT2D eigenvalue weighted by Crippen LogP contribution is -1.96. The van der Waals surface area contributed by atoms with E-state index in [2.05, 4.69) is 19.1 Å². The molecular formula is C13H16Cl2. The van der Waals surface area contributed by atoms with Gasteiger partial charge < -0.3 is 0 Å². The summed E-state index contributed by atoms with van der Waals surface area (Å²) < 4.78 is 0. The Hall–Kier alpha value is -0.460. The second-order valence-electron chi connectivity index (χ2n) is 3.58. The standard InChI is InChI=1S/C13H16Cl2/c1-3-5-6-10(4-2)12-8-7-11(14)9-13(12)15/h3,5,7-10H,4,6H2,1-2H3/b5-3-. The van der Waals surface area contributed by atoms with Crippen LogP contribution in [-0.2, 0) is 0 Å². The molecule has 0 saturated carbocycles. The second-order valence-corrected chi connectivity index (χ2v) is 4.42. The predicted molar refractivity (Wildman–Crippen MR) is 68.9 cm³/mol. The highest BCUT2D eigenvalue weighted by molar-refractivity contribution is 6.35. The number of rotatable bonds is 4. The van der Waals surface area contributed by atoms with Crippen molar-refractivity contribution in [1.29, 1.82) is 0 Å². The van der Waals surface area contributed by atoms with E-state index in [9.17, 15) is 0 Å². The van der Waals surface area contributed by atoms with Gasteiger partial charge >= 0.3 is 0 Å². The van der Waals surface area contributed by atoms with Crippen LogP contribution in [0.4, 0.5) is 0 Å². The summed E-state index contributed by atoms with van der Waals surface area (Å²) in [5.41, 5.74) is 1.20. The van der Waals surface area contributed by atoms with E-state index in [1.807, 2.05) is 25.1 Å². The summed E-state index contributed by atoms with van der Waals surface area (Å²) in [6, 6.07) is 5.75. The zero-order valence-electron chi connectivity index (χ0n) is 9.13. The summed E-state index contributed by atoms with van der Waals surface area (Å²) in [6.07, 6.45) is 6.38. The normalized spacial score (nSPS) is 13.3. The lowest BCUT2D eigenvalue weighted by atomic mass is 9.93. The molecule has 0 fully saturated rings. The van der Waals surface area contributed by atoms with Crippen LogP contribution in [-0.4, -0.2) is 0 Å². The van der Waals surface area contributed by atoms with E-state index < -0.39 is 0 Å². The van der Waals surface area contributed by atoms with Crippen molar-refractivity contribution in [2.24, 2.45) is 0 Å². The van der Waals surface area contributed by atoms with Gasteiger partial charge in [-0.15, -0.1) is 0 Å². The van der Waals surface area contributed by atoms with E-state index >= 15 is 0 Å². The molecule has 0 aliphatic heterocycles. The molecule has 1 atom stereocenters. The van der Waals surface area contributed by atoms with E-state index in [0.717, 1.165) is 17.9 Å². The molecule has 0 aromatic heterocycles. The topological polar surface area (TPSA) is 0 Å². The van der Waals surface area contributed by atoms with Gasteiger partial charge in [0.05, 0.1) is 0 Å². The van der Waals surface area contributed by atoms with Gasteiger partial charge in [-0.25, -0.2) is 0 Å². The van der Waals surface area contributed by atoms with Gasteiger partial charge in [-0.3, -0.25) is 0 Å². The van der Waals surface area contributed by atoms with Gasteiger partial charge in [0.15, 0.2) is 0 Å². The van der Waals surface area contributed by atoms with Crippen LogP contribution in [0.5, 0.6) is 0 Å². The first-order chi connectivity index (χ1) is 7.19. The number of hydrogen-bond acceptors (Lipinski definition) is 0. The zero-order valence-corrected chi connectivity index (χ0v) is 10.6. The molecule has 0 saturated heterocycles. The van der Waals surface area contributed by atoms with Crippen molar-refractivity contribution >= 4 is 23.2 Å². The second kappa shape index (κ2) is 6.19. The highest BCUT2D eigenvalue weighted by atomic mass is 35.5. The molecule has 0 nitrogen and oxygen atoms in total. The van der Waals surface area contributed by atoms with Gasteiger partial charge in [-0.1, -0.05) is 48.3 Å². The monoisotopic (exact) mass is 242 g/mol. The highest BCUT2D eigenvalue weighted by Gasteiger charge is 2.11. The summed E-state index contributed by atoms with van der Waals surface area (Å²) in [5, 5.41) is 1.48. The molecule has 0 bridgehead atoms. The first-order valence-corrected chi connectivity index (χ1v) is 6.00. The Labute approximate surface area is 102 Å². The highest BCUT2D eigenvalue weighted by Crippen LogP contribution is 2.31. The number of allylic oxidation sites excluding steroid dienone is 2. The average Bonchev–Trinajstić information content (AvgIpc) is 2.21. The van der Waals surface area contributed by atoms with E-state index in [1.54, 1.807) is 0 Å². The minimum absolute atomic E-state index is 0.492. The molecule has 0 spiro atoms. The molecule has 82 valence electrons. The quantitative estimate of drug-likeness (QED) is 0.616. The van der Waals surface area contributed by atoms with Crippen LogP contribution in [0.25, 0.3) is 0 Å². The third-order valence-corrected chi connectivity index (χ3v) is 3.11. The molecule has 0 aliphatic rings. The molecule has 0 amide bonds. The first kappa shape index (κ1) is 12.6. The van der Waals surface area contributed by atoms with E-state index in [4.69, 9.17) is 23.2 Å². The van der Waals surface area contributed by atoms with E-state index in [1.165, 1.54) is 5.56 Å². The first-order valence-electron chi connectivity index (χ1n) is 5.25. The summed E-state index contributed by atoms with van der Waals surface area (Å²) >= 11 is 12.0. The molecule has 0 N–H and O–H groups in total. The maximum absolute atomic E-state index is 6.17. The van der Waals surface area contributed by atoms with Gasteiger partial charge in [0, 0.05) is 10.0 Å². The van der Waals surface area contributed by atoms with E-state index in [0.29, 0.717) is 10.9 Å². The number of hydrogen-bond donors (Lipinski definition) is 0.